The molecule has 5 unspecified atom stereocenters. The lowest BCUT2D eigenvalue weighted by Gasteiger charge is -2.41. The molecule has 2 heterocycles. The summed E-state index contributed by atoms with van der Waals surface area (Å²) in [4.78, 5) is 71.0. The molecule has 1 aliphatic rings. The third kappa shape index (κ3) is 11.7. The molecule has 0 aliphatic carbocycles. The number of amides is 4. The first-order valence-corrected chi connectivity index (χ1v) is 19.1. The van der Waals surface area contributed by atoms with Gasteiger partial charge in [0.15, 0.2) is 0 Å². The van der Waals surface area contributed by atoms with E-state index in [0.717, 1.165) is 11.3 Å². The summed E-state index contributed by atoms with van der Waals surface area (Å²) in [6.07, 6.45) is 0.886. The number of carbonyl (C=O) groups excluding carboxylic acids is 4. The van der Waals surface area contributed by atoms with Gasteiger partial charge in [0.05, 0.1) is 42.7 Å². The van der Waals surface area contributed by atoms with Crippen molar-refractivity contribution in [3.8, 4) is 0 Å². The summed E-state index contributed by atoms with van der Waals surface area (Å²) in [7, 11) is 6.46. The molecule has 0 saturated carbocycles. The van der Waals surface area contributed by atoms with Crippen LogP contribution >= 0.6 is 11.3 Å². The Morgan fingerprint density at radius 1 is 1.00 bits per heavy atom. The smallest absolute Gasteiger partial charge is 0.326 e. The highest BCUT2D eigenvalue weighted by atomic mass is 32.1. The molecule has 14 heteroatoms. The molecule has 51 heavy (non-hydrogen) atoms. The van der Waals surface area contributed by atoms with Gasteiger partial charge in [-0.15, -0.1) is 11.3 Å². The standard InChI is InChI=1S/C37H63N5O8S/c1-12-23(6)32(41(9)36(46)31(22(4)5)40-35(45)30(38-8)21(2)3)28(49-10)20-29(43)42-17-13-16-27(42)33(50-11)24(7)34(44)39-26(37(47)48)19-25-15-14-18-51-25/h14-15,18,21-24,26-28,30-33,38H,12-13,16-17,19-20H2,1-11H3,(H,39,44)(H,40,45)(H,47,48)/t23-,24?,26-,27-,28?,30?,31-,32?,33?/m0/s1. The van der Waals surface area contributed by atoms with Crippen LogP contribution in [0.1, 0.15) is 79.0 Å². The van der Waals surface area contributed by atoms with Crippen LogP contribution in [0.2, 0.25) is 0 Å². The molecule has 1 aromatic heterocycles. The summed E-state index contributed by atoms with van der Waals surface area (Å²) in [5.41, 5.74) is 0. The Labute approximate surface area is 308 Å². The highest BCUT2D eigenvalue weighted by Crippen LogP contribution is 2.30. The number of rotatable bonds is 21. The van der Waals surface area contributed by atoms with Crippen LogP contribution in [0.5, 0.6) is 0 Å². The van der Waals surface area contributed by atoms with Gasteiger partial charge in [-0.3, -0.25) is 19.2 Å². The molecule has 1 aromatic rings. The predicted octanol–water partition coefficient (Wildman–Crippen LogP) is 3.17. The summed E-state index contributed by atoms with van der Waals surface area (Å²) < 4.78 is 11.8. The topological polar surface area (TPSA) is 167 Å². The van der Waals surface area contributed by atoms with Gasteiger partial charge in [0.25, 0.3) is 0 Å². The fourth-order valence-electron chi connectivity index (χ4n) is 7.18. The number of hydrogen-bond donors (Lipinski definition) is 4. The molecule has 2 rings (SSSR count). The van der Waals surface area contributed by atoms with Crippen LogP contribution < -0.4 is 16.0 Å². The van der Waals surface area contributed by atoms with Crippen molar-refractivity contribution in [2.45, 2.75) is 123 Å². The molecule has 13 nitrogen and oxygen atoms in total. The average molecular weight is 738 g/mol. The summed E-state index contributed by atoms with van der Waals surface area (Å²) in [6, 6.07) is 0.450. The van der Waals surface area contributed by atoms with E-state index in [1.807, 2.05) is 59.1 Å². The Bertz CT molecular complexity index is 1280. The summed E-state index contributed by atoms with van der Waals surface area (Å²) in [5, 5.41) is 20.3. The van der Waals surface area contributed by atoms with Crippen molar-refractivity contribution in [1.82, 2.24) is 25.8 Å². The van der Waals surface area contributed by atoms with Crippen molar-refractivity contribution in [3.63, 3.8) is 0 Å². The summed E-state index contributed by atoms with van der Waals surface area (Å²) in [6.45, 7) is 13.9. The maximum Gasteiger partial charge on any atom is 0.326 e. The van der Waals surface area contributed by atoms with Crippen molar-refractivity contribution >= 4 is 40.9 Å². The highest BCUT2D eigenvalue weighted by molar-refractivity contribution is 7.09. The molecule has 0 spiro atoms. The largest absolute Gasteiger partial charge is 0.480 e. The lowest BCUT2D eigenvalue weighted by molar-refractivity contribution is -0.148. The van der Waals surface area contributed by atoms with E-state index in [-0.39, 0.29) is 48.3 Å². The quantitative estimate of drug-likeness (QED) is 0.148. The molecule has 0 aromatic carbocycles. The van der Waals surface area contributed by atoms with Crippen molar-refractivity contribution < 1.29 is 38.6 Å². The Morgan fingerprint density at radius 3 is 2.14 bits per heavy atom. The lowest BCUT2D eigenvalue weighted by Crippen LogP contribution is -2.59. The average Bonchev–Trinajstić information content (AvgIpc) is 3.79. The zero-order chi connectivity index (χ0) is 38.6. The zero-order valence-electron chi connectivity index (χ0n) is 32.4. The lowest BCUT2D eigenvalue weighted by atomic mass is 9.89. The first-order chi connectivity index (χ1) is 24.0. The molecule has 1 fully saturated rings. The number of carboxylic acid groups (broad SMARTS) is 1. The summed E-state index contributed by atoms with van der Waals surface area (Å²) in [5.74, 6) is -3.22. The second kappa shape index (κ2) is 20.8. The van der Waals surface area contributed by atoms with E-state index in [9.17, 15) is 29.1 Å². The summed E-state index contributed by atoms with van der Waals surface area (Å²) >= 11 is 1.43. The zero-order valence-corrected chi connectivity index (χ0v) is 33.2. The molecule has 4 amide bonds. The van der Waals surface area contributed by atoms with Gasteiger partial charge < -0.3 is 40.3 Å². The molecular formula is C37H63N5O8S. The number of nitrogens with one attached hydrogen (secondary N) is 3. The van der Waals surface area contributed by atoms with Crippen LogP contribution in [-0.2, 0) is 39.9 Å². The van der Waals surface area contributed by atoms with E-state index < -0.39 is 60.2 Å². The fraction of sp³-hybridized carbons (Fsp3) is 0.757. The number of hydrogen-bond acceptors (Lipinski definition) is 9. The van der Waals surface area contributed by atoms with Crippen molar-refractivity contribution in [2.24, 2.45) is 23.7 Å². The normalized spacial score (nSPS) is 19.5. The number of likely N-dealkylation sites (tertiary alicyclic amines) is 1. The van der Waals surface area contributed by atoms with E-state index in [1.165, 1.54) is 25.6 Å². The number of ether oxygens (including phenoxy) is 2. The minimum atomic E-state index is -1.12. The van der Waals surface area contributed by atoms with Crippen LogP contribution in [0.15, 0.2) is 17.5 Å². The molecule has 1 aliphatic heterocycles. The second-order valence-electron chi connectivity index (χ2n) is 14.5. The molecule has 0 bridgehead atoms. The molecule has 290 valence electrons. The molecule has 1 saturated heterocycles. The number of carbonyl (C=O) groups is 5. The first-order valence-electron chi connectivity index (χ1n) is 18.2. The van der Waals surface area contributed by atoms with Crippen molar-refractivity contribution in [1.29, 1.82) is 0 Å². The Hall–Kier alpha value is -3.07. The van der Waals surface area contributed by atoms with Crippen LogP contribution in [0, 0.1) is 23.7 Å². The number of likely N-dealkylation sites (N-methyl/N-ethyl adjacent to an activating group) is 2. The van der Waals surface area contributed by atoms with Gasteiger partial charge in [-0.2, -0.15) is 0 Å². The van der Waals surface area contributed by atoms with Gasteiger partial charge in [-0.25, -0.2) is 4.79 Å². The molecule has 9 atom stereocenters. The van der Waals surface area contributed by atoms with Gasteiger partial charge in [-0.1, -0.05) is 61.0 Å². The second-order valence-corrected chi connectivity index (χ2v) is 15.5. The third-order valence-corrected chi connectivity index (χ3v) is 11.2. The van der Waals surface area contributed by atoms with Gasteiger partial charge >= 0.3 is 5.97 Å². The van der Waals surface area contributed by atoms with Gasteiger partial charge in [0.2, 0.25) is 23.6 Å². The third-order valence-electron chi connectivity index (χ3n) is 10.3. The SMILES string of the molecule is CC[C@H](C)C(C(CC(=O)N1CCC[C@H]1C(OC)C(C)C(=O)N[C@@H](Cc1cccs1)C(=O)O)OC)N(C)C(=O)[C@@H](NC(=O)C(NC)C(C)C)C(C)C. The minimum Gasteiger partial charge on any atom is -0.480 e. The fourth-order valence-corrected chi connectivity index (χ4v) is 7.93. The predicted molar refractivity (Wildman–Crippen MR) is 198 cm³/mol. The highest BCUT2D eigenvalue weighted by Gasteiger charge is 2.43. The van der Waals surface area contributed by atoms with E-state index >= 15 is 0 Å². The van der Waals surface area contributed by atoms with Crippen molar-refractivity contribution in [3.05, 3.63) is 22.4 Å². The Balaban J connectivity index is 2.26. The molecule has 4 N–H and O–H groups in total. The minimum absolute atomic E-state index is 0.00752. The van der Waals surface area contributed by atoms with E-state index in [0.29, 0.717) is 19.4 Å². The number of methoxy groups -OCH3 is 2. The molecule has 0 radical (unpaired) electrons. The Kier molecular flexibility index (Phi) is 18.0. The van der Waals surface area contributed by atoms with Gasteiger partial charge in [0.1, 0.15) is 12.1 Å². The number of carboxylic acids is 1. The van der Waals surface area contributed by atoms with Crippen LogP contribution in [0.25, 0.3) is 0 Å². The van der Waals surface area contributed by atoms with E-state index in [2.05, 4.69) is 16.0 Å². The molecular weight excluding hydrogens is 675 g/mol. The monoisotopic (exact) mass is 737 g/mol. The van der Waals surface area contributed by atoms with Crippen LogP contribution in [0.4, 0.5) is 0 Å². The number of aliphatic carboxylic acids is 1. The Morgan fingerprint density at radius 2 is 1.65 bits per heavy atom. The van der Waals surface area contributed by atoms with Gasteiger partial charge in [-0.05, 0) is 49.1 Å². The number of nitrogens with zero attached hydrogens (tertiary/aromatic N) is 2. The van der Waals surface area contributed by atoms with Gasteiger partial charge in [0, 0.05) is 39.1 Å². The van der Waals surface area contributed by atoms with Crippen LogP contribution in [0.3, 0.4) is 0 Å². The maximum atomic E-state index is 14.1. The van der Waals surface area contributed by atoms with E-state index in [4.69, 9.17) is 9.47 Å². The first kappa shape index (κ1) is 44.1. The van der Waals surface area contributed by atoms with Crippen molar-refractivity contribution in [2.75, 3.05) is 34.9 Å². The van der Waals surface area contributed by atoms with E-state index in [1.54, 1.807) is 30.8 Å². The maximum absolute atomic E-state index is 14.1. The number of thiophene rings is 1. The van der Waals surface area contributed by atoms with Crippen LogP contribution in [-0.4, -0.2) is 122 Å².